The van der Waals surface area contributed by atoms with Gasteiger partial charge in [0.05, 0.1) is 6.42 Å². The van der Waals surface area contributed by atoms with Crippen molar-refractivity contribution in [3.8, 4) is 0 Å². The average molecular weight is 479 g/mol. The van der Waals surface area contributed by atoms with E-state index >= 15 is 0 Å². The summed E-state index contributed by atoms with van der Waals surface area (Å²) in [4.78, 5) is 38.6. The fourth-order valence-corrected chi connectivity index (χ4v) is 8.38. The zero-order valence-electron chi connectivity index (χ0n) is 21.1. The number of ether oxygens (including phenoxy) is 1. The third kappa shape index (κ3) is 3.41. The van der Waals surface area contributed by atoms with Gasteiger partial charge in [-0.3, -0.25) is 14.4 Å². The summed E-state index contributed by atoms with van der Waals surface area (Å²) in [5, 5.41) is 0. The lowest BCUT2D eigenvalue weighted by atomic mass is 9.48. The van der Waals surface area contributed by atoms with Gasteiger partial charge in [0.15, 0.2) is 17.2 Å². The second-order valence-corrected chi connectivity index (χ2v) is 11.8. The lowest BCUT2D eigenvalue weighted by Crippen LogP contribution is -2.60. The molecule has 1 aromatic carbocycles. The minimum atomic E-state index is -1.22. The Hall–Kier alpha value is -2.56. The first-order valence-corrected chi connectivity index (χ1v) is 12.9. The lowest BCUT2D eigenvalue weighted by Gasteiger charge is -2.57. The molecule has 0 N–H and O–H groups in total. The highest BCUT2D eigenvalue weighted by molar-refractivity contribution is 5.92. The molecule has 4 nitrogen and oxygen atoms in total. The molecule has 0 bridgehead atoms. The largest absolute Gasteiger partial charge is 0.450 e. The molecule has 0 aromatic heterocycles. The van der Waals surface area contributed by atoms with E-state index in [-0.39, 0.29) is 46.7 Å². The number of halogens is 1. The van der Waals surface area contributed by atoms with Crippen molar-refractivity contribution in [1.82, 2.24) is 0 Å². The van der Waals surface area contributed by atoms with Crippen LogP contribution < -0.4 is 0 Å². The molecule has 186 valence electrons. The topological polar surface area (TPSA) is 60.4 Å². The number of hydrogen-bond acceptors (Lipinski definition) is 4. The molecule has 2 saturated carbocycles. The zero-order valence-corrected chi connectivity index (χ0v) is 21.1. The van der Waals surface area contributed by atoms with Crippen LogP contribution >= 0.6 is 0 Å². The van der Waals surface area contributed by atoms with E-state index < -0.39 is 22.8 Å². The number of carbonyl (C=O) groups is 3. The van der Waals surface area contributed by atoms with Crippen molar-refractivity contribution in [2.24, 2.45) is 34.5 Å². The molecule has 5 heteroatoms. The Morgan fingerprint density at radius 2 is 1.89 bits per heavy atom. The Labute approximate surface area is 207 Å². The van der Waals surface area contributed by atoms with Gasteiger partial charge in [0.25, 0.3) is 0 Å². The summed E-state index contributed by atoms with van der Waals surface area (Å²) in [5.41, 5.74) is -0.351. The van der Waals surface area contributed by atoms with Crippen LogP contribution in [0, 0.1) is 40.3 Å². The second kappa shape index (κ2) is 8.25. The van der Waals surface area contributed by atoms with E-state index in [4.69, 9.17) is 4.74 Å². The van der Waals surface area contributed by atoms with Gasteiger partial charge in [0.2, 0.25) is 0 Å². The number of ketones is 2. The Kier molecular flexibility index (Phi) is 5.69. The molecular weight excluding hydrogens is 443 g/mol. The van der Waals surface area contributed by atoms with E-state index in [1.54, 1.807) is 18.2 Å². The number of esters is 1. The second-order valence-electron chi connectivity index (χ2n) is 11.8. The smallest absolute Gasteiger partial charge is 0.311 e. The molecule has 1 aromatic rings. The highest BCUT2D eigenvalue weighted by atomic mass is 19.1. The highest BCUT2D eigenvalue weighted by Crippen LogP contribution is 2.68. The Morgan fingerprint density at radius 1 is 1.14 bits per heavy atom. The van der Waals surface area contributed by atoms with Gasteiger partial charge in [-0.15, -0.1) is 0 Å². The quantitative estimate of drug-likeness (QED) is 0.514. The van der Waals surface area contributed by atoms with Gasteiger partial charge >= 0.3 is 5.97 Å². The van der Waals surface area contributed by atoms with E-state index in [2.05, 4.69) is 26.0 Å². The molecule has 0 saturated heterocycles. The molecule has 0 radical (unpaired) electrons. The molecule has 4 aliphatic rings. The van der Waals surface area contributed by atoms with E-state index in [1.807, 2.05) is 13.0 Å². The highest BCUT2D eigenvalue weighted by Gasteiger charge is 2.70. The van der Waals surface area contributed by atoms with Crippen LogP contribution in [0.3, 0.4) is 0 Å². The van der Waals surface area contributed by atoms with Crippen LogP contribution in [0.1, 0.15) is 65.4 Å². The summed E-state index contributed by atoms with van der Waals surface area (Å²) in [6, 6.07) is 6.20. The van der Waals surface area contributed by atoms with Crippen LogP contribution in [0.4, 0.5) is 4.39 Å². The molecule has 0 spiro atoms. The van der Waals surface area contributed by atoms with Crippen LogP contribution in [-0.4, -0.2) is 23.1 Å². The average Bonchev–Trinajstić information content (AvgIpc) is 3.03. The maximum atomic E-state index is 14.2. The van der Waals surface area contributed by atoms with Crippen molar-refractivity contribution in [3.05, 3.63) is 59.4 Å². The fourth-order valence-electron chi connectivity index (χ4n) is 8.38. The molecule has 4 aliphatic carbocycles. The Balaban J connectivity index is 1.49. The molecular formula is C30H35FO4. The third-order valence-electron chi connectivity index (χ3n) is 10.1. The summed E-state index contributed by atoms with van der Waals surface area (Å²) < 4.78 is 20.4. The number of carbonyl (C=O) groups excluding carboxylic acids is 3. The summed E-state index contributed by atoms with van der Waals surface area (Å²) in [5.74, 6) is -0.201. The Bertz CT molecular complexity index is 1150. The standard InChI is InChI=1S/C30H35FO4/c1-18-15-25-23-10-9-21-17-22(33)11-13-28(21,3)24(23)12-14-29(25,4)30(18,19(2)32)35-27(34)16-20-7-5-6-8-26(20)31/h5-10,17-18,23-25H,11-16H2,1-4H3/t18-,23+,24-,25-,28-,29-,30-/m0/s1. The predicted molar refractivity (Wildman–Crippen MR) is 131 cm³/mol. The van der Waals surface area contributed by atoms with Crippen molar-refractivity contribution in [2.75, 3.05) is 0 Å². The third-order valence-corrected chi connectivity index (χ3v) is 10.1. The maximum absolute atomic E-state index is 14.2. The molecule has 0 unspecified atom stereocenters. The normalized spacial score (nSPS) is 39.8. The van der Waals surface area contributed by atoms with Gasteiger partial charge in [0.1, 0.15) is 5.82 Å². The summed E-state index contributed by atoms with van der Waals surface area (Å²) in [7, 11) is 0. The van der Waals surface area contributed by atoms with E-state index in [0.29, 0.717) is 12.3 Å². The first-order chi connectivity index (χ1) is 16.5. The van der Waals surface area contributed by atoms with Gasteiger partial charge in [0, 0.05) is 17.8 Å². The minimum absolute atomic E-state index is 0.0408. The minimum Gasteiger partial charge on any atom is -0.450 e. The molecule has 0 aliphatic heterocycles. The van der Waals surface area contributed by atoms with Gasteiger partial charge < -0.3 is 4.74 Å². The van der Waals surface area contributed by atoms with Gasteiger partial charge in [-0.25, -0.2) is 4.39 Å². The van der Waals surface area contributed by atoms with Crippen LogP contribution in [-0.2, 0) is 25.5 Å². The van der Waals surface area contributed by atoms with Crippen molar-refractivity contribution in [3.63, 3.8) is 0 Å². The number of Topliss-reactive ketones (excluding diaryl/α,β-unsaturated/α-hetero) is 1. The van der Waals surface area contributed by atoms with Crippen molar-refractivity contribution < 1.29 is 23.5 Å². The van der Waals surface area contributed by atoms with E-state index in [9.17, 15) is 18.8 Å². The molecule has 2 fully saturated rings. The number of allylic oxidation sites excluding steroid dienone is 4. The number of benzene rings is 1. The van der Waals surface area contributed by atoms with E-state index in [0.717, 1.165) is 31.3 Å². The molecule has 5 rings (SSSR count). The van der Waals surface area contributed by atoms with Crippen LogP contribution in [0.15, 0.2) is 48.1 Å². The van der Waals surface area contributed by atoms with Crippen LogP contribution in [0.2, 0.25) is 0 Å². The molecule has 0 amide bonds. The number of rotatable bonds is 4. The number of fused-ring (bicyclic) bond motifs is 5. The number of hydrogen-bond donors (Lipinski definition) is 0. The van der Waals surface area contributed by atoms with Crippen LogP contribution in [0.25, 0.3) is 0 Å². The SMILES string of the molecule is CC(=O)[C@@]1(OC(=O)Cc2ccccc2F)[C@@H](C)C[C@H]2[C@@H]3C=CC4=CC(=O)CC[C@]4(C)[C@H]3CC[C@@]21C. The summed E-state index contributed by atoms with van der Waals surface area (Å²) in [6.07, 6.45) is 9.94. The lowest BCUT2D eigenvalue weighted by molar-refractivity contribution is -0.192. The molecule has 0 heterocycles. The molecule has 35 heavy (non-hydrogen) atoms. The van der Waals surface area contributed by atoms with Crippen molar-refractivity contribution >= 4 is 17.5 Å². The van der Waals surface area contributed by atoms with Crippen LogP contribution in [0.5, 0.6) is 0 Å². The zero-order chi connectivity index (χ0) is 25.2. The summed E-state index contributed by atoms with van der Waals surface area (Å²) in [6.45, 7) is 7.98. The Morgan fingerprint density at radius 3 is 2.60 bits per heavy atom. The predicted octanol–water partition coefficient (Wildman–Crippen LogP) is 5.79. The van der Waals surface area contributed by atoms with E-state index in [1.165, 1.54) is 13.0 Å². The monoisotopic (exact) mass is 478 g/mol. The van der Waals surface area contributed by atoms with Gasteiger partial charge in [-0.05, 0) is 79.1 Å². The summed E-state index contributed by atoms with van der Waals surface area (Å²) >= 11 is 0. The van der Waals surface area contributed by atoms with Gasteiger partial charge in [-0.1, -0.05) is 51.1 Å². The van der Waals surface area contributed by atoms with Crippen molar-refractivity contribution in [2.45, 2.75) is 71.8 Å². The first kappa shape index (κ1) is 24.1. The maximum Gasteiger partial charge on any atom is 0.311 e. The van der Waals surface area contributed by atoms with Gasteiger partial charge in [-0.2, -0.15) is 0 Å². The first-order valence-electron chi connectivity index (χ1n) is 12.9. The fraction of sp³-hybridized carbons (Fsp3) is 0.567. The van der Waals surface area contributed by atoms with Crippen molar-refractivity contribution in [1.29, 1.82) is 0 Å². The molecule has 7 atom stereocenters.